The topological polar surface area (TPSA) is 60.8 Å². The molecule has 1 aliphatic rings. The summed E-state index contributed by atoms with van der Waals surface area (Å²) in [6, 6.07) is 3.84. The van der Waals surface area contributed by atoms with E-state index in [0.717, 1.165) is 12.1 Å². The van der Waals surface area contributed by atoms with E-state index in [1.807, 2.05) is 0 Å². The first-order chi connectivity index (χ1) is 13.4. The summed E-state index contributed by atoms with van der Waals surface area (Å²) in [6.07, 6.45) is 0.309. The van der Waals surface area contributed by atoms with Gasteiger partial charge in [-0.3, -0.25) is 9.59 Å². The zero-order valence-corrected chi connectivity index (χ0v) is 22.2. The third-order valence-corrected chi connectivity index (χ3v) is 8.97. The molecule has 2 heterocycles. The fraction of sp³-hybridized carbons (Fsp3) is 0.700. The number of aromatic nitrogens is 1. The molecule has 0 radical (unpaired) electrons. The smallest absolute Gasteiger partial charge is 0.273 e. The standard InChI is InChI=1S/C20H35BrN2O4Si2/c1-28(2,3)11-9-26-14-22-8-7-17(24)16-13-18(21)23(19(16)20(22)25)15-27-10-12-29(4,5)6/h13H,7-12,14-15H2,1-6H3. The molecule has 1 aliphatic heterocycles. The third kappa shape index (κ3) is 7.46. The Morgan fingerprint density at radius 3 is 2.07 bits per heavy atom. The molecule has 0 unspecified atom stereocenters. The minimum atomic E-state index is -1.19. The van der Waals surface area contributed by atoms with Crippen molar-refractivity contribution in [2.75, 3.05) is 26.5 Å². The Morgan fingerprint density at radius 2 is 1.52 bits per heavy atom. The van der Waals surface area contributed by atoms with Gasteiger partial charge in [0.2, 0.25) is 0 Å². The summed E-state index contributed by atoms with van der Waals surface area (Å²) in [4.78, 5) is 27.5. The highest BCUT2D eigenvalue weighted by molar-refractivity contribution is 9.10. The van der Waals surface area contributed by atoms with Crippen molar-refractivity contribution in [2.24, 2.45) is 0 Å². The fourth-order valence-electron chi connectivity index (χ4n) is 2.92. The van der Waals surface area contributed by atoms with Crippen LogP contribution in [0.5, 0.6) is 0 Å². The van der Waals surface area contributed by atoms with Crippen LogP contribution in [0, 0.1) is 0 Å². The largest absolute Gasteiger partial charge is 0.361 e. The number of amides is 1. The number of carbonyl (C=O) groups is 2. The molecule has 0 fully saturated rings. The maximum atomic E-state index is 13.2. The summed E-state index contributed by atoms with van der Waals surface area (Å²) in [6.45, 7) is 15.9. The second-order valence-corrected chi connectivity index (χ2v) is 22.2. The van der Waals surface area contributed by atoms with Crippen LogP contribution in [-0.2, 0) is 16.2 Å². The summed E-state index contributed by atoms with van der Waals surface area (Å²) in [7, 11) is -2.37. The highest BCUT2D eigenvalue weighted by atomic mass is 79.9. The first-order valence-electron chi connectivity index (χ1n) is 10.3. The Balaban J connectivity index is 2.09. The normalized spacial score (nSPS) is 15.6. The van der Waals surface area contributed by atoms with Crippen molar-refractivity contribution in [1.29, 1.82) is 0 Å². The van der Waals surface area contributed by atoms with Gasteiger partial charge in [-0.1, -0.05) is 39.3 Å². The number of ether oxygens (including phenoxy) is 2. The number of hydrogen-bond acceptors (Lipinski definition) is 4. The maximum Gasteiger partial charge on any atom is 0.273 e. The van der Waals surface area contributed by atoms with E-state index < -0.39 is 16.1 Å². The van der Waals surface area contributed by atoms with Crippen molar-refractivity contribution in [3.8, 4) is 0 Å². The van der Waals surface area contributed by atoms with Gasteiger partial charge >= 0.3 is 0 Å². The van der Waals surface area contributed by atoms with Crippen LogP contribution in [0.3, 0.4) is 0 Å². The molecule has 0 saturated heterocycles. The summed E-state index contributed by atoms with van der Waals surface area (Å²) in [5.41, 5.74) is 0.876. The predicted molar refractivity (Wildman–Crippen MR) is 125 cm³/mol. The van der Waals surface area contributed by atoms with Crippen molar-refractivity contribution in [3.63, 3.8) is 0 Å². The fourth-order valence-corrected chi connectivity index (χ4v) is 4.94. The van der Waals surface area contributed by atoms with Gasteiger partial charge < -0.3 is 18.9 Å². The van der Waals surface area contributed by atoms with Gasteiger partial charge in [-0.2, -0.15) is 0 Å². The van der Waals surface area contributed by atoms with E-state index >= 15 is 0 Å². The van der Waals surface area contributed by atoms with Crippen LogP contribution in [0.25, 0.3) is 0 Å². The minimum absolute atomic E-state index is 0.0144. The average Bonchev–Trinajstić information content (AvgIpc) is 2.86. The maximum absolute atomic E-state index is 13.2. The van der Waals surface area contributed by atoms with Crippen LogP contribution in [0.1, 0.15) is 27.3 Å². The van der Waals surface area contributed by atoms with E-state index in [2.05, 4.69) is 55.2 Å². The highest BCUT2D eigenvalue weighted by Crippen LogP contribution is 2.27. The lowest BCUT2D eigenvalue weighted by molar-refractivity contribution is 0.0264. The molecule has 2 rings (SSSR count). The second-order valence-electron chi connectivity index (χ2n) is 10.1. The number of ketones is 1. The zero-order chi connectivity index (χ0) is 21.8. The number of rotatable bonds is 10. The molecular formula is C20H35BrN2O4Si2. The Labute approximate surface area is 185 Å². The Bertz CT molecular complexity index is 738. The van der Waals surface area contributed by atoms with Gasteiger partial charge in [0.05, 0.1) is 4.60 Å². The van der Waals surface area contributed by atoms with Crippen molar-refractivity contribution >= 4 is 43.8 Å². The van der Waals surface area contributed by atoms with E-state index in [9.17, 15) is 9.59 Å². The molecule has 0 bridgehead atoms. The van der Waals surface area contributed by atoms with Crippen LogP contribution in [0.4, 0.5) is 0 Å². The van der Waals surface area contributed by atoms with Gasteiger partial charge in [0.25, 0.3) is 5.91 Å². The van der Waals surface area contributed by atoms with Gasteiger partial charge in [-0.25, -0.2) is 0 Å². The molecule has 29 heavy (non-hydrogen) atoms. The van der Waals surface area contributed by atoms with Crippen LogP contribution in [-0.4, -0.2) is 63.8 Å². The lowest BCUT2D eigenvalue weighted by Gasteiger charge is -2.23. The van der Waals surface area contributed by atoms with Gasteiger partial charge in [-0.15, -0.1) is 0 Å². The summed E-state index contributed by atoms with van der Waals surface area (Å²) in [5.74, 6) is -0.183. The molecule has 1 aromatic heterocycles. The molecule has 0 saturated carbocycles. The molecule has 0 N–H and O–H groups in total. The molecule has 0 aromatic carbocycles. The van der Waals surface area contributed by atoms with Crippen molar-refractivity contribution < 1.29 is 19.1 Å². The number of carbonyl (C=O) groups excluding carboxylic acids is 2. The first-order valence-corrected chi connectivity index (χ1v) is 18.5. The van der Waals surface area contributed by atoms with Crippen LogP contribution in [0.2, 0.25) is 51.4 Å². The molecule has 0 aliphatic carbocycles. The molecule has 164 valence electrons. The second kappa shape index (κ2) is 10.0. The predicted octanol–water partition coefficient (Wildman–Crippen LogP) is 4.90. The Morgan fingerprint density at radius 1 is 0.966 bits per heavy atom. The molecule has 0 spiro atoms. The molecular weight excluding hydrogens is 468 g/mol. The van der Waals surface area contributed by atoms with Crippen molar-refractivity contribution in [3.05, 3.63) is 21.9 Å². The number of hydrogen-bond donors (Lipinski definition) is 0. The highest BCUT2D eigenvalue weighted by Gasteiger charge is 2.32. The van der Waals surface area contributed by atoms with E-state index in [4.69, 9.17) is 9.47 Å². The van der Waals surface area contributed by atoms with E-state index in [-0.39, 0.29) is 25.2 Å². The number of halogens is 1. The van der Waals surface area contributed by atoms with Gasteiger partial charge in [0.15, 0.2) is 5.78 Å². The third-order valence-electron chi connectivity index (χ3n) is 4.91. The quantitative estimate of drug-likeness (QED) is 0.337. The van der Waals surface area contributed by atoms with E-state index in [1.165, 1.54) is 0 Å². The first kappa shape index (κ1) is 24.5. The van der Waals surface area contributed by atoms with Crippen LogP contribution >= 0.6 is 15.9 Å². The lowest BCUT2D eigenvalue weighted by atomic mass is 10.1. The van der Waals surface area contributed by atoms with Crippen molar-refractivity contribution in [2.45, 2.75) is 64.5 Å². The van der Waals surface area contributed by atoms with Gasteiger partial charge in [0, 0.05) is 47.9 Å². The van der Waals surface area contributed by atoms with Gasteiger partial charge in [0.1, 0.15) is 19.2 Å². The summed E-state index contributed by atoms with van der Waals surface area (Å²) >= 11 is 3.50. The zero-order valence-electron chi connectivity index (χ0n) is 18.6. The summed E-state index contributed by atoms with van der Waals surface area (Å²) < 4.78 is 14.1. The molecule has 6 nitrogen and oxygen atoms in total. The minimum Gasteiger partial charge on any atom is -0.361 e. The Hall–Kier alpha value is -0.746. The monoisotopic (exact) mass is 502 g/mol. The van der Waals surface area contributed by atoms with Crippen LogP contribution in [0.15, 0.2) is 10.7 Å². The summed E-state index contributed by atoms with van der Waals surface area (Å²) in [5, 5.41) is 0. The number of fused-ring (bicyclic) bond motifs is 1. The van der Waals surface area contributed by atoms with Crippen LogP contribution < -0.4 is 0 Å². The Kier molecular flexibility index (Phi) is 8.49. The molecule has 1 amide bonds. The molecule has 0 atom stereocenters. The van der Waals surface area contributed by atoms with E-state index in [1.54, 1.807) is 15.5 Å². The molecule has 9 heteroatoms. The van der Waals surface area contributed by atoms with Crippen molar-refractivity contribution in [1.82, 2.24) is 9.47 Å². The molecule has 1 aromatic rings. The van der Waals surface area contributed by atoms with E-state index in [0.29, 0.717) is 42.0 Å². The lowest BCUT2D eigenvalue weighted by Crippen LogP contribution is -2.35. The average molecular weight is 504 g/mol. The van der Waals surface area contributed by atoms with Gasteiger partial charge in [-0.05, 0) is 34.1 Å². The number of nitrogens with zero attached hydrogens (tertiary/aromatic N) is 2. The SMILES string of the molecule is C[Si](C)(C)CCOCN1CCC(=O)c2cc(Br)n(COCC[Si](C)(C)C)c2C1=O. The number of Topliss-reactive ketones (excluding diaryl/α,β-unsaturated/α-hetero) is 1.